The predicted molar refractivity (Wildman–Crippen MR) is 94.4 cm³/mol. The van der Waals surface area contributed by atoms with E-state index in [1.165, 1.54) is 53.5 Å². The van der Waals surface area contributed by atoms with Gasteiger partial charge in [0.25, 0.3) is 11.6 Å². The Bertz CT molecular complexity index is 939. The first kappa shape index (κ1) is 18.1. The summed E-state index contributed by atoms with van der Waals surface area (Å²) >= 11 is 0. The summed E-state index contributed by atoms with van der Waals surface area (Å²) in [6, 6.07) is 11.4. The van der Waals surface area contributed by atoms with Crippen LogP contribution in [0.2, 0.25) is 0 Å². The minimum Gasteiger partial charge on any atom is -0.492 e. The fraction of sp³-hybridized carbons (Fsp3) is 0.111. The number of nitrogens with zero attached hydrogens (tertiary/aromatic N) is 3. The first-order valence-electron chi connectivity index (χ1n) is 7.99. The molecule has 1 N–H and O–H groups in total. The second-order valence-corrected chi connectivity index (χ2v) is 5.51. The van der Waals surface area contributed by atoms with Crippen molar-refractivity contribution >= 4 is 11.6 Å². The lowest BCUT2D eigenvalue weighted by atomic mass is 10.3. The molecule has 0 fully saturated rings. The first-order valence-corrected chi connectivity index (χ1v) is 7.99. The molecule has 0 aliphatic heterocycles. The van der Waals surface area contributed by atoms with Crippen molar-refractivity contribution in [2.75, 3.05) is 13.2 Å². The van der Waals surface area contributed by atoms with Crippen molar-refractivity contribution in [2.45, 2.75) is 0 Å². The average molecular weight is 370 g/mol. The van der Waals surface area contributed by atoms with Gasteiger partial charge in [0, 0.05) is 18.3 Å². The van der Waals surface area contributed by atoms with Crippen molar-refractivity contribution < 1.29 is 18.8 Å². The molecule has 0 saturated carbocycles. The van der Waals surface area contributed by atoms with E-state index in [0.717, 1.165) is 0 Å². The van der Waals surface area contributed by atoms with Gasteiger partial charge in [-0.05, 0) is 36.4 Å². The molecule has 0 aliphatic rings. The van der Waals surface area contributed by atoms with Crippen molar-refractivity contribution in [3.05, 3.63) is 82.4 Å². The van der Waals surface area contributed by atoms with E-state index >= 15 is 0 Å². The number of halogens is 1. The maximum atomic E-state index is 12.8. The number of hydrogen-bond donors (Lipinski definition) is 1. The van der Waals surface area contributed by atoms with Gasteiger partial charge in [-0.2, -0.15) is 5.10 Å². The van der Waals surface area contributed by atoms with Crippen molar-refractivity contribution in [2.24, 2.45) is 0 Å². The smallest absolute Gasteiger partial charge is 0.269 e. The molecule has 0 saturated heterocycles. The quantitative estimate of drug-likeness (QED) is 0.392. The number of amides is 1. The number of nitro groups is 1. The molecule has 138 valence electrons. The zero-order valence-electron chi connectivity index (χ0n) is 14.0. The van der Waals surface area contributed by atoms with E-state index in [1.54, 1.807) is 12.1 Å². The minimum absolute atomic E-state index is 0.0231. The molecule has 0 unspecified atom stereocenters. The van der Waals surface area contributed by atoms with Gasteiger partial charge in [0.1, 0.15) is 18.2 Å². The Balaban J connectivity index is 1.52. The molecule has 3 aromatic rings. The second kappa shape index (κ2) is 8.09. The van der Waals surface area contributed by atoms with Gasteiger partial charge in [-0.1, -0.05) is 0 Å². The van der Waals surface area contributed by atoms with Gasteiger partial charge in [-0.25, -0.2) is 9.07 Å². The highest BCUT2D eigenvalue weighted by molar-refractivity contribution is 5.93. The number of nitro benzene ring substituents is 1. The summed E-state index contributed by atoms with van der Waals surface area (Å²) in [6.45, 7) is 0.493. The molecule has 3 rings (SSSR count). The summed E-state index contributed by atoms with van der Waals surface area (Å²) in [4.78, 5) is 22.3. The SMILES string of the molecule is O=C(NCCOc1ccc(F)cc1)c1cnn(-c2ccc([N+](=O)[O-])cc2)c1. The third-order valence-corrected chi connectivity index (χ3v) is 3.64. The number of carbonyl (C=O) groups excluding carboxylic acids is 1. The van der Waals surface area contributed by atoms with Crippen LogP contribution in [0.4, 0.5) is 10.1 Å². The zero-order valence-corrected chi connectivity index (χ0v) is 14.0. The summed E-state index contributed by atoms with van der Waals surface area (Å²) in [6.07, 6.45) is 2.93. The Morgan fingerprint density at radius 2 is 1.89 bits per heavy atom. The van der Waals surface area contributed by atoms with E-state index in [0.29, 0.717) is 17.0 Å². The summed E-state index contributed by atoms with van der Waals surface area (Å²) in [5, 5.41) is 17.5. The largest absolute Gasteiger partial charge is 0.492 e. The van der Waals surface area contributed by atoms with Crippen LogP contribution in [0.5, 0.6) is 5.75 Å². The fourth-order valence-electron chi connectivity index (χ4n) is 2.27. The Kier molecular flexibility index (Phi) is 5.41. The molecule has 1 amide bonds. The molecule has 1 heterocycles. The van der Waals surface area contributed by atoms with Crippen LogP contribution in [0, 0.1) is 15.9 Å². The Labute approximate surface area is 153 Å². The average Bonchev–Trinajstić information content (AvgIpc) is 3.17. The Morgan fingerprint density at radius 3 is 2.56 bits per heavy atom. The molecule has 9 heteroatoms. The number of aromatic nitrogens is 2. The van der Waals surface area contributed by atoms with E-state index in [9.17, 15) is 19.3 Å². The highest BCUT2D eigenvalue weighted by Crippen LogP contribution is 2.15. The lowest BCUT2D eigenvalue weighted by Crippen LogP contribution is -2.27. The highest BCUT2D eigenvalue weighted by Gasteiger charge is 2.10. The molecule has 0 radical (unpaired) electrons. The topological polar surface area (TPSA) is 99.3 Å². The van der Waals surface area contributed by atoms with E-state index < -0.39 is 4.92 Å². The van der Waals surface area contributed by atoms with Crippen LogP contribution in [-0.2, 0) is 0 Å². The molecular formula is C18H15FN4O4. The van der Waals surface area contributed by atoms with E-state index in [-0.39, 0.29) is 30.6 Å². The van der Waals surface area contributed by atoms with E-state index in [2.05, 4.69) is 10.4 Å². The minimum atomic E-state index is -0.486. The van der Waals surface area contributed by atoms with Gasteiger partial charge in [-0.15, -0.1) is 0 Å². The number of ether oxygens (including phenoxy) is 1. The molecular weight excluding hydrogens is 355 g/mol. The number of hydrogen-bond acceptors (Lipinski definition) is 5. The van der Waals surface area contributed by atoms with Gasteiger partial charge in [0.15, 0.2) is 0 Å². The molecule has 2 aromatic carbocycles. The van der Waals surface area contributed by atoms with Crippen LogP contribution in [0.3, 0.4) is 0 Å². The molecule has 0 spiro atoms. The lowest BCUT2D eigenvalue weighted by molar-refractivity contribution is -0.384. The van der Waals surface area contributed by atoms with Crippen molar-refractivity contribution in [1.82, 2.24) is 15.1 Å². The molecule has 8 nitrogen and oxygen atoms in total. The molecule has 0 aliphatic carbocycles. The zero-order chi connectivity index (χ0) is 19.2. The van der Waals surface area contributed by atoms with Crippen LogP contribution in [0.15, 0.2) is 60.9 Å². The molecule has 1 aromatic heterocycles. The third-order valence-electron chi connectivity index (χ3n) is 3.64. The lowest BCUT2D eigenvalue weighted by Gasteiger charge is -2.07. The third kappa shape index (κ3) is 4.66. The number of benzene rings is 2. The van der Waals surface area contributed by atoms with Gasteiger partial charge in [0.05, 0.1) is 28.9 Å². The first-order chi connectivity index (χ1) is 13.0. The normalized spacial score (nSPS) is 10.4. The fourth-order valence-corrected chi connectivity index (χ4v) is 2.27. The summed E-state index contributed by atoms with van der Waals surface area (Å²) < 4.78 is 19.6. The van der Waals surface area contributed by atoms with E-state index in [4.69, 9.17) is 4.74 Å². The van der Waals surface area contributed by atoms with Crippen molar-refractivity contribution in [3.63, 3.8) is 0 Å². The summed E-state index contributed by atoms with van der Waals surface area (Å²) in [5.41, 5.74) is 0.916. The number of nitrogens with one attached hydrogen (secondary N) is 1. The van der Waals surface area contributed by atoms with Crippen LogP contribution in [-0.4, -0.2) is 33.8 Å². The van der Waals surface area contributed by atoms with Crippen molar-refractivity contribution in [3.8, 4) is 11.4 Å². The van der Waals surface area contributed by atoms with E-state index in [1.807, 2.05) is 0 Å². The molecule has 0 bridgehead atoms. The van der Waals surface area contributed by atoms with Crippen LogP contribution < -0.4 is 10.1 Å². The molecule has 0 atom stereocenters. The maximum absolute atomic E-state index is 12.8. The standard InChI is InChI=1S/C18H15FN4O4/c19-14-1-7-17(8-2-14)27-10-9-20-18(24)13-11-21-22(12-13)15-3-5-16(6-4-15)23(25)26/h1-8,11-12H,9-10H2,(H,20,24). The van der Waals surface area contributed by atoms with Gasteiger partial charge >= 0.3 is 0 Å². The molecule has 27 heavy (non-hydrogen) atoms. The predicted octanol–water partition coefficient (Wildman–Crippen LogP) is 2.73. The van der Waals surface area contributed by atoms with Gasteiger partial charge in [0.2, 0.25) is 0 Å². The van der Waals surface area contributed by atoms with Crippen molar-refractivity contribution in [1.29, 1.82) is 0 Å². The number of non-ortho nitro benzene ring substituents is 1. The second-order valence-electron chi connectivity index (χ2n) is 5.51. The van der Waals surface area contributed by atoms with Crippen LogP contribution in [0.25, 0.3) is 5.69 Å². The van der Waals surface area contributed by atoms with Crippen LogP contribution >= 0.6 is 0 Å². The number of rotatable bonds is 7. The monoisotopic (exact) mass is 370 g/mol. The highest BCUT2D eigenvalue weighted by atomic mass is 19.1. The maximum Gasteiger partial charge on any atom is 0.269 e. The Hall–Kier alpha value is -3.75. The summed E-state index contributed by atoms with van der Waals surface area (Å²) in [7, 11) is 0. The summed E-state index contributed by atoms with van der Waals surface area (Å²) in [5.74, 6) is -0.164. The van der Waals surface area contributed by atoms with Gasteiger partial charge in [-0.3, -0.25) is 14.9 Å². The number of carbonyl (C=O) groups is 1. The van der Waals surface area contributed by atoms with Gasteiger partial charge < -0.3 is 10.1 Å². The van der Waals surface area contributed by atoms with Crippen LogP contribution in [0.1, 0.15) is 10.4 Å². The Morgan fingerprint density at radius 1 is 1.19 bits per heavy atom.